The Balaban J connectivity index is 2.00. The van der Waals surface area contributed by atoms with E-state index >= 15 is 0 Å². The maximum atomic E-state index is 12.0. The fourth-order valence-electron chi connectivity index (χ4n) is 2.56. The normalized spacial score (nSPS) is 11.2. The summed E-state index contributed by atoms with van der Waals surface area (Å²) >= 11 is 0. The quantitative estimate of drug-likeness (QED) is 0.546. The van der Waals surface area contributed by atoms with E-state index in [4.69, 9.17) is 5.73 Å². The summed E-state index contributed by atoms with van der Waals surface area (Å²) in [6, 6.07) is 7.50. The number of carbonyl (C=O) groups is 3. The molecule has 9 heteroatoms. The number of rotatable bonds is 9. The van der Waals surface area contributed by atoms with Gasteiger partial charge in [-0.25, -0.2) is 9.97 Å². The number of amides is 3. The van der Waals surface area contributed by atoms with Crippen LogP contribution in [0.15, 0.2) is 49.3 Å². The Bertz CT molecular complexity index is 915. The molecular weight excluding hydrogens is 372 g/mol. The van der Waals surface area contributed by atoms with Gasteiger partial charge in [0.2, 0.25) is 11.8 Å². The zero-order chi connectivity index (χ0) is 21.4. The molecule has 3 amide bonds. The van der Waals surface area contributed by atoms with Gasteiger partial charge in [0.1, 0.15) is 0 Å². The third kappa shape index (κ3) is 6.13. The van der Waals surface area contributed by atoms with E-state index in [1.807, 2.05) is 31.2 Å². The van der Waals surface area contributed by atoms with Crippen LogP contribution in [-0.4, -0.2) is 52.7 Å². The van der Waals surface area contributed by atoms with Crippen LogP contribution < -0.4 is 16.4 Å². The van der Waals surface area contributed by atoms with Gasteiger partial charge in [0, 0.05) is 31.7 Å². The Kier molecular flexibility index (Phi) is 7.41. The van der Waals surface area contributed by atoms with Crippen molar-refractivity contribution in [2.45, 2.75) is 12.8 Å². The fourth-order valence-corrected chi connectivity index (χ4v) is 2.56. The fraction of sp³-hybridized carbons (Fsp3) is 0.250. The van der Waals surface area contributed by atoms with Crippen molar-refractivity contribution in [3.8, 4) is 0 Å². The number of nitrogens with two attached hydrogens (primary N) is 1. The molecule has 1 unspecified atom stereocenters. The molecule has 0 aliphatic rings. The molecule has 0 radical (unpaired) electrons. The van der Waals surface area contributed by atoms with Crippen LogP contribution in [0, 0.1) is 0 Å². The number of anilines is 2. The van der Waals surface area contributed by atoms with Crippen molar-refractivity contribution >= 4 is 29.2 Å². The lowest BCUT2D eigenvalue weighted by Gasteiger charge is -2.17. The lowest BCUT2D eigenvalue weighted by atomic mass is 10.0. The third-order valence-electron chi connectivity index (χ3n) is 4.19. The molecule has 1 aromatic heterocycles. The van der Waals surface area contributed by atoms with Crippen molar-refractivity contribution < 1.29 is 14.4 Å². The van der Waals surface area contributed by atoms with Crippen LogP contribution in [0.5, 0.6) is 0 Å². The summed E-state index contributed by atoms with van der Waals surface area (Å²) < 4.78 is 0. The first-order valence-corrected chi connectivity index (χ1v) is 8.93. The Labute approximate surface area is 169 Å². The first-order chi connectivity index (χ1) is 13.8. The molecule has 0 aliphatic carbocycles. The average molecular weight is 396 g/mol. The second-order valence-corrected chi connectivity index (χ2v) is 6.47. The Morgan fingerprint density at radius 1 is 1.28 bits per heavy atom. The van der Waals surface area contributed by atoms with E-state index in [1.165, 1.54) is 24.3 Å². The van der Waals surface area contributed by atoms with Gasteiger partial charge in [0.25, 0.3) is 5.91 Å². The molecule has 0 aliphatic heterocycles. The Morgan fingerprint density at radius 3 is 2.69 bits per heavy atom. The molecule has 1 aromatic carbocycles. The SMILES string of the molecule is C=CC(=O)N(C)CC(=O)NCC(C)c1cccc(Nc2nccnc2C(N)=O)c1. The van der Waals surface area contributed by atoms with Gasteiger partial charge < -0.3 is 21.3 Å². The number of likely N-dealkylation sites (N-methyl/N-ethyl adjacent to an activating group) is 1. The molecular formula is C20H24N6O3. The molecule has 9 nitrogen and oxygen atoms in total. The van der Waals surface area contributed by atoms with Crippen molar-refractivity contribution in [3.05, 3.63) is 60.6 Å². The monoisotopic (exact) mass is 396 g/mol. The minimum atomic E-state index is -0.673. The first kappa shape index (κ1) is 21.5. The van der Waals surface area contributed by atoms with Crippen LogP contribution in [0.4, 0.5) is 11.5 Å². The van der Waals surface area contributed by atoms with E-state index < -0.39 is 5.91 Å². The van der Waals surface area contributed by atoms with E-state index in [-0.39, 0.29) is 35.8 Å². The van der Waals surface area contributed by atoms with E-state index in [0.29, 0.717) is 12.2 Å². The highest BCUT2D eigenvalue weighted by atomic mass is 16.2. The topological polar surface area (TPSA) is 130 Å². The molecule has 0 fully saturated rings. The molecule has 1 heterocycles. The minimum Gasteiger partial charge on any atom is -0.364 e. The second kappa shape index (κ2) is 9.98. The highest BCUT2D eigenvalue weighted by Gasteiger charge is 2.14. The van der Waals surface area contributed by atoms with Gasteiger partial charge in [0.15, 0.2) is 11.5 Å². The Hall–Kier alpha value is -3.75. The van der Waals surface area contributed by atoms with Crippen LogP contribution in [0.25, 0.3) is 0 Å². The molecule has 0 saturated heterocycles. The van der Waals surface area contributed by atoms with E-state index in [9.17, 15) is 14.4 Å². The summed E-state index contributed by atoms with van der Waals surface area (Å²) in [5, 5.41) is 5.86. The lowest BCUT2D eigenvalue weighted by molar-refractivity contribution is -0.131. The number of nitrogens with one attached hydrogen (secondary N) is 2. The predicted octanol–water partition coefficient (Wildman–Crippen LogP) is 1.18. The van der Waals surface area contributed by atoms with E-state index in [2.05, 4.69) is 27.2 Å². The van der Waals surface area contributed by atoms with Crippen LogP contribution in [-0.2, 0) is 9.59 Å². The van der Waals surface area contributed by atoms with Gasteiger partial charge in [-0.3, -0.25) is 14.4 Å². The molecule has 0 bridgehead atoms. The van der Waals surface area contributed by atoms with Gasteiger partial charge in [0.05, 0.1) is 6.54 Å². The van der Waals surface area contributed by atoms with Gasteiger partial charge in [-0.1, -0.05) is 25.6 Å². The molecule has 2 rings (SSSR count). The first-order valence-electron chi connectivity index (χ1n) is 8.93. The number of aromatic nitrogens is 2. The van der Waals surface area contributed by atoms with Crippen molar-refractivity contribution in [1.82, 2.24) is 20.2 Å². The van der Waals surface area contributed by atoms with Gasteiger partial charge in [-0.2, -0.15) is 0 Å². The number of primary amides is 1. The van der Waals surface area contributed by atoms with Crippen molar-refractivity contribution in [2.24, 2.45) is 5.73 Å². The Morgan fingerprint density at radius 2 is 2.00 bits per heavy atom. The summed E-state index contributed by atoms with van der Waals surface area (Å²) in [5.74, 6) is -0.958. The number of hydrogen-bond donors (Lipinski definition) is 3. The van der Waals surface area contributed by atoms with Crippen LogP contribution in [0.2, 0.25) is 0 Å². The van der Waals surface area contributed by atoms with Crippen molar-refractivity contribution in [2.75, 3.05) is 25.5 Å². The minimum absolute atomic E-state index is 0.0126. The van der Waals surface area contributed by atoms with E-state index in [0.717, 1.165) is 11.6 Å². The number of hydrogen-bond acceptors (Lipinski definition) is 6. The highest BCUT2D eigenvalue weighted by molar-refractivity contribution is 5.96. The van der Waals surface area contributed by atoms with Crippen molar-refractivity contribution in [3.63, 3.8) is 0 Å². The maximum absolute atomic E-state index is 12.0. The van der Waals surface area contributed by atoms with E-state index in [1.54, 1.807) is 0 Å². The zero-order valence-electron chi connectivity index (χ0n) is 16.4. The summed E-state index contributed by atoms with van der Waals surface area (Å²) in [6.45, 7) is 5.72. The molecule has 4 N–H and O–H groups in total. The zero-order valence-corrected chi connectivity index (χ0v) is 16.4. The predicted molar refractivity (Wildman–Crippen MR) is 110 cm³/mol. The number of carbonyl (C=O) groups excluding carboxylic acids is 3. The number of nitrogens with zero attached hydrogens (tertiary/aromatic N) is 3. The van der Waals surface area contributed by atoms with Crippen LogP contribution >= 0.6 is 0 Å². The smallest absolute Gasteiger partial charge is 0.271 e. The highest BCUT2D eigenvalue weighted by Crippen LogP contribution is 2.22. The average Bonchev–Trinajstić information content (AvgIpc) is 2.71. The third-order valence-corrected chi connectivity index (χ3v) is 4.19. The molecule has 1 atom stereocenters. The largest absolute Gasteiger partial charge is 0.364 e. The standard InChI is InChI=1S/C20H24N6O3/c1-4-17(28)26(3)12-16(27)24-11-13(2)14-6-5-7-15(10-14)25-20-18(19(21)29)22-8-9-23-20/h4-10,13H,1,11-12H2,2-3H3,(H2,21,29)(H,23,25)(H,24,27). The maximum Gasteiger partial charge on any atom is 0.271 e. The molecule has 0 spiro atoms. The number of benzene rings is 1. The van der Waals surface area contributed by atoms with Gasteiger partial charge in [-0.15, -0.1) is 0 Å². The van der Waals surface area contributed by atoms with Crippen LogP contribution in [0.1, 0.15) is 28.9 Å². The molecule has 2 aromatic rings. The summed E-state index contributed by atoms with van der Waals surface area (Å²) in [4.78, 5) is 44.3. The lowest BCUT2D eigenvalue weighted by Crippen LogP contribution is -2.38. The van der Waals surface area contributed by atoms with Crippen molar-refractivity contribution in [1.29, 1.82) is 0 Å². The molecule has 152 valence electrons. The van der Waals surface area contributed by atoms with Gasteiger partial charge in [-0.05, 0) is 29.7 Å². The second-order valence-electron chi connectivity index (χ2n) is 6.47. The summed E-state index contributed by atoms with van der Waals surface area (Å²) in [5.41, 5.74) is 7.05. The van der Waals surface area contributed by atoms with Crippen LogP contribution in [0.3, 0.4) is 0 Å². The summed E-state index contributed by atoms with van der Waals surface area (Å²) in [6.07, 6.45) is 4.02. The molecule has 0 saturated carbocycles. The molecule has 29 heavy (non-hydrogen) atoms. The van der Waals surface area contributed by atoms with Gasteiger partial charge >= 0.3 is 0 Å². The summed E-state index contributed by atoms with van der Waals surface area (Å²) in [7, 11) is 1.54.